The Balaban J connectivity index is 1.83. The highest BCUT2D eigenvalue weighted by atomic mass is 19.4. The maximum Gasteiger partial charge on any atom is 0.471 e. The quantitative estimate of drug-likeness (QED) is 0.687. The second-order valence-corrected chi connectivity index (χ2v) is 5.81. The standard InChI is InChI=1S/C17H21F3N2O5/c1-25-12-4-3-5-13(26-2)14(12)15(23)27-11-10-21-6-8-22(9-7-21)16(24)17(18,19)20/h3-5H,6-11H2,1-2H3. The number of amides is 1. The van der Waals surface area contributed by atoms with Crippen molar-refractivity contribution in [2.24, 2.45) is 0 Å². The summed E-state index contributed by atoms with van der Waals surface area (Å²) in [6, 6.07) is 4.89. The molecule has 1 aliphatic heterocycles. The molecule has 1 saturated heterocycles. The van der Waals surface area contributed by atoms with Crippen LogP contribution in [0.2, 0.25) is 0 Å². The Morgan fingerprint density at radius 1 is 1.04 bits per heavy atom. The van der Waals surface area contributed by atoms with Crippen molar-refractivity contribution >= 4 is 11.9 Å². The molecule has 1 aliphatic rings. The number of methoxy groups -OCH3 is 2. The largest absolute Gasteiger partial charge is 0.496 e. The molecule has 27 heavy (non-hydrogen) atoms. The van der Waals surface area contributed by atoms with Gasteiger partial charge in [-0.2, -0.15) is 13.2 Å². The maximum absolute atomic E-state index is 12.4. The maximum atomic E-state index is 12.4. The summed E-state index contributed by atoms with van der Waals surface area (Å²) in [5, 5.41) is 0. The first-order chi connectivity index (χ1) is 12.8. The van der Waals surface area contributed by atoms with E-state index in [0.717, 1.165) is 4.90 Å². The predicted molar refractivity (Wildman–Crippen MR) is 88.9 cm³/mol. The van der Waals surface area contributed by atoms with Crippen molar-refractivity contribution in [1.82, 2.24) is 9.80 Å². The second kappa shape index (κ2) is 8.94. The zero-order chi connectivity index (χ0) is 20.0. The number of esters is 1. The molecule has 0 radical (unpaired) electrons. The fourth-order valence-corrected chi connectivity index (χ4v) is 2.75. The number of carbonyl (C=O) groups is 2. The van der Waals surface area contributed by atoms with Gasteiger partial charge in [-0.05, 0) is 12.1 Å². The molecule has 0 spiro atoms. The van der Waals surface area contributed by atoms with Crippen LogP contribution in [0.3, 0.4) is 0 Å². The summed E-state index contributed by atoms with van der Waals surface area (Å²) in [4.78, 5) is 26.1. The number of piperazine rings is 1. The van der Waals surface area contributed by atoms with Gasteiger partial charge in [-0.15, -0.1) is 0 Å². The summed E-state index contributed by atoms with van der Waals surface area (Å²) in [6.07, 6.45) is -4.86. The minimum atomic E-state index is -4.86. The first kappa shape index (κ1) is 20.8. The molecule has 2 rings (SSSR count). The van der Waals surface area contributed by atoms with Crippen LogP contribution in [-0.4, -0.2) is 81.4 Å². The molecular weight excluding hydrogens is 369 g/mol. The molecule has 1 aromatic carbocycles. The van der Waals surface area contributed by atoms with E-state index in [1.54, 1.807) is 18.2 Å². The fourth-order valence-electron chi connectivity index (χ4n) is 2.75. The molecule has 0 unspecified atom stereocenters. The molecular formula is C17H21F3N2O5. The molecule has 0 atom stereocenters. The Bertz CT molecular complexity index is 651. The van der Waals surface area contributed by atoms with Crippen molar-refractivity contribution in [1.29, 1.82) is 0 Å². The molecule has 1 aromatic rings. The molecule has 0 aromatic heterocycles. The van der Waals surface area contributed by atoms with Crippen LogP contribution in [0.4, 0.5) is 13.2 Å². The van der Waals surface area contributed by atoms with E-state index in [1.165, 1.54) is 14.2 Å². The fraction of sp³-hybridized carbons (Fsp3) is 0.529. The van der Waals surface area contributed by atoms with Gasteiger partial charge in [0.2, 0.25) is 0 Å². The summed E-state index contributed by atoms with van der Waals surface area (Å²) >= 11 is 0. The zero-order valence-corrected chi connectivity index (χ0v) is 15.0. The van der Waals surface area contributed by atoms with Gasteiger partial charge in [-0.25, -0.2) is 4.79 Å². The molecule has 0 bridgehead atoms. The zero-order valence-electron chi connectivity index (χ0n) is 15.0. The Kier molecular flexibility index (Phi) is 6.89. The number of nitrogens with zero attached hydrogens (tertiary/aromatic N) is 2. The lowest BCUT2D eigenvalue weighted by Gasteiger charge is -2.34. The van der Waals surface area contributed by atoms with Gasteiger partial charge in [0, 0.05) is 32.7 Å². The van der Waals surface area contributed by atoms with E-state index in [-0.39, 0.29) is 38.3 Å². The van der Waals surface area contributed by atoms with Gasteiger partial charge >= 0.3 is 18.1 Å². The molecule has 1 heterocycles. The lowest BCUT2D eigenvalue weighted by molar-refractivity contribution is -0.187. The Morgan fingerprint density at radius 3 is 2.07 bits per heavy atom. The first-order valence-corrected chi connectivity index (χ1v) is 8.24. The number of hydrogen-bond donors (Lipinski definition) is 0. The van der Waals surface area contributed by atoms with Gasteiger partial charge in [-0.3, -0.25) is 9.69 Å². The summed E-state index contributed by atoms with van der Waals surface area (Å²) in [7, 11) is 2.85. The summed E-state index contributed by atoms with van der Waals surface area (Å²) in [5.41, 5.74) is 0.170. The van der Waals surface area contributed by atoms with Gasteiger partial charge in [0.15, 0.2) is 0 Å². The molecule has 150 valence electrons. The van der Waals surface area contributed by atoms with Gasteiger partial charge in [0.05, 0.1) is 14.2 Å². The number of rotatable bonds is 6. The second-order valence-electron chi connectivity index (χ2n) is 5.81. The lowest BCUT2D eigenvalue weighted by atomic mass is 10.2. The number of ether oxygens (including phenoxy) is 3. The van der Waals surface area contributed by atoms with E-state index in [0.29, 0.717) is 18.0 Å². The Morgan fingerprint density at radius 2 is 1.59 bits per heavy atom. The highest BCUT2D eigenvalue weighted by Gasteiger charge is 2.43. The molecule has 10 heteroatoms. The molecule has 1 amide bonds. The number of alkyl halides is 3. The number of halogens is 3. The van der Waals surface area contributed by atoms with Crippen LogP contribution >= 0.6 is 0 Å². The molecule has 0 N–H and O–H groups in total. The van der Waals surface area contributed by atoms with Crippen molar-refractivity contribution in [2.75, 3.05) is 53.6 Å². The van der Waals surface area contributed by atoms with Crippen LogP contribution < -0.4 is 9.47 Å². The minimum absolute atomic E-state index is 0.0212. The van der Waals surface area contributed by atoms with E-state index in [1.807, 2.05) is 4.90 Å². The van der Waals surface area contributed by atoms with Crippen LogP contribution in [0.5, 0.6) is 11.5 Å². The SMILES string of the molecule is COc1cccc(OC)c1C(=O)OCCN1CCN(C(=O)C(F)(F)F)CC1. The Labute approximate surface area is 154 Å². The monoisotopic (exact) mass is 390 g/mol. The van der Waals surface area contributed by atoms with Crippen LogP contribution in [0.1, 0.15) is 10.4 Å². The molecule has 0 aliphatic carbocycles. The van der Waals surface area contributed by atoms with Crippen molar-refractivity contribution in [3.8, 4) is 11.5 Å². The third-order valence-corrected chi connectivity index (χ3v) is 4.17. The normalized spacial score (nSPS) is 15.4. The van der Waals surface area contributed by atoms with Gasteiger partial charge in [-0.1, -0.05) is 6.07 Å². The van der Waals surface area contributed by atoms with Crippen LogP contribution in [0, 0.1) is 0 Å². The number of carbonyl (C=O) groups excluding carboxylic acids is 2. The topological polar surface area (TPSA) is 68.3 Å². The average Bonchev–Trinajstić information content (AvgIpc) is 2.66. The summed E-state index contributed by atoms with van der Waals surface area (Å²) in [5.74, 6) is -1.80. The van der Waals surface area contributed by atoms with E-state index >= 15 is 0 Å². The van der Waals surface area contributed by atoms with Crippen molar-refractivity contribution in [3.05, 3.63) is 23.8 Å². The highest BCUT2D eigenvalue weighted by molar-refractivity contribution is 5.95. The van der Waals surface area contributed by atoms with E-state index in [2.05, 4.69) is 0 Å². The van der Waals surface area contributed by atoms with Gasteiger partial charge in [0.25, 0.3) is 0 Å². The first-order valence-electron chi connectivity index (χ1n) is 8.24. The third-order valence-electron chi connectivity index (χ3n) is 4.17. The molecule has 7 nitrogen and oxygen atoms in total. The van der Waals surface area contributed by atoms with Crippen LogP contribution in [-0.2, 0) is 9.53 Å². The van der Waals surface area contributed by atoms with Gasteiger partial charge < -0.3 is 19.1 Å². The minimum Gasteiger partial charge on any atom is -0.496 e. The van der Waals surface area contributed by atoms with E-state index < -0.39 is 18.1 Å². The lowest BCUT2D eigenvalue weighted by Crippen LogP contribution is -2.52. The number of hydrogen-bond acceptors (Lipinski definition) is 6. The summed E-state index contributed by atoms with van der Waals surface area (Å²) in [6.45, 7) is 0.901. The highest BCUT2D eigenvalue weighted by Crippen LogP contribution is 2.28. The Hall–Kier alpha value is -2.49. The van der Waals surface area contributed by atoms with Crippen LogP contribution in [0.15, 0.2) is 18.2 Å². The molecule has 1 fully saturated rings. The number of benzene rings is 1. The third kappa shape index (κ3) is 5.25. The van der Waals surface area contributed by atoms with E-state index in [9.17, 15) is 22.8 Å². The van der Waals surface area contributed by atoms with Gasteiger partial charge in [0.1, 0.15) is 23.7 Å². The smallest absolute Gasteiger partial charge is 0.471 e. The predicted octanol–water partition coefficient (Wildman–Crippen LogP) is 1.57. The average molecular weight is 390 g/mol. The van der Waals surface area contributed by atoms with Crippen LogP contribution in [0.25, 0.3) is 0 Å². The van der Waals surface area contributed by atoms with E-state index in [4.69, 9.17) is 14.2 Å². The van der Waals surface area contributed by atoms with Crippen molar-refractivity contribution in [2.45, 2.75) is 6.18 Å². The molecule has 0 saturated carbocycles. The van der Waals surface area contributed by atoms with Crippen molar-refractivity contribution in [3.63, 3.8) is 0 Å². The summed E-state index contributed by atoms with van der Waals surface area (Å²) < 4.78 is 52.8. The van der Waals surface area contributed by atoms with Crippen molar-refractivity contribution < 1.29 is 37.0 Å².